The fourth-order valence-electron chi connectivity index (χ4n) is 1.83. The second-order valence-corrected chi connectivity index (χ2v) is 6.80. The molecule has 0 aliphatic carbocycles. The van der Waals surface area contributed by atoms with Crippen LogP contribution in [0.15, 0.2) is 30.3 Å². The van der Waals surface area contributed by atoms with Gasteiger partial charge in [0.05, 0.1) is 26.4 Å². The highest BCUT2D eigenvalue weighted by atomic mass is 32.2. The molecule has 1 aromatic carbocycles. The lowest BCUT2D eigenvalue weighted by molar-refractivity contribution is -0.903. The SMILES string of the molecule is CC[O-].C[N+](C)(CCCS(=O)(=O)O)Cc1ccccc1. The number of quaternary nitrogens is 1. The van der Waals surface area contributed by atoms with Crippen LogP contribution in [0, 0.1) is 0 Å². The molecule has 0 radical (unpaired) electrons. The normalized spacial score (nSPS) is 11.7. The molecule has 0 aromatic heterocycles. The Labute approximate surface area is 122 Å². The molecule has 1 rings (SSSR count). The second kappa shape index (κ2) is 9.07. The van der Waals surface area contributed by atoms with E-state index in [1.54, 1.807) is 6.92 Å². The largest absolute Gasteiger partial charge is 0.855 e. The lowest BCUT2D eigenvalue weighted by atomic mass is 10.2. The maximum Gasteiger partial charge on any atom is 0.265 e. The van der Waals surface area contributed by atoms with Crippen molar-refractivity contribution >= 4 is 10.1 Å². The van der Waals surface area contributed by atoms with Gasteiger partial charge < -0.3 is 9.59 Å². The van der Waals surface area contributed by atoms with Crippen molar-refractivity contribution in [1.82, 2.24) is 0 Å². The van der Waals surface area contributed by atoms with Crippen LogP contribution in [0.25, 0.3) is 0 Å². The minimum atomic E-state index is -3.83. The predicted octanol–water partition coefficient (Wildman–Crippen LogP) is 0.908. The van der Waals surface area contributed by atoms with E-state index < -0.39 is 10.1 Å². The smallest absolute Gasteiger partial charge is 0.265 e. The Kier molecular flexibility index (Phi) is 8.64. The van der Waals surface area contributed by atoms with Crippen LogP contribution in [0.5, 0.6) is 0 Å². The van der Waals surface area contributed by atoms with E-state index in [0.29, 0.717) is 17.4 Å². The highest BCUT2D eigenvalue weighted by molar-refractivity contribution is 7.85. The summed E-state index contributed by atoms with van der Waals surface area (Å²) in [6, 6.07) is 10.1. The van der Waals surface area contributed by atoms with Gasteiger partial charge in [-0.05, 0) is 0 Å². The zero-order chi connectivity index (χ0) is 15.6. The van der Waals surface area contributed by atoms with Gasteiger partial charge in [0.1, 0.15) is 6.54 Å². The molecule has 116 valence electrons. The van der Waals surface area contributed by atoms with Crippen molar-refractivity contribution in [2.24, 2.45) is 0 Å². The molecule has 0 amide bonds. The molecule has 1 N–H and O–H groups in total. The maximum absolute atomic E-state index is 10.6. The van der Waals surface area contributed by atoms with Crippen molar-refractivity contribution in [3.05, 3.63) is 35.9 Å². The first-order valence-corrected chi connectivity index (χ1v) is 8.20. The number of hydrogen-bond donors (Lipinski definition) is 1. The van der Waals surface area contributed by atoms with E-state index in [1.165, 1.54) is 5.56 Å². The molecule has 0 atom stereocenters. The van der Waals surface area contributed by atoms with Crippen molar-refractivity contribution < 1.29 is 22.6 Å². The van der Waals surface area contributed by atoms with E-state index in [9.17, 15) is 8.42 Å². The molecule has 0 unspecified atom stereocenters. The van der Waals surface area contributed by atoms with Crippen molar-refractivity contribution in [3.63, 3.8) is 0 Å². The van der Waals surface area contributed by atoms with E-state index in [2.05, 4.69) is 26.2 Å². The highest BCUT2D eigenvalue weighted by Crippen LogP contribution is 2.10. The first-order chi connectivity index (χ1) is 9.20. The standard InChI is InChI=1S/C12H19NO3S.C2H5O/c1-13(2,9-6-10-17(14,15)16)11-12-7-4-3-5-8-12;1-2-3/h3-5,7-8H,6,9-11H2,1-2H3;2H2,1H3/q;-1/p+1. The monoisotopic (exact) mass is 303 g/mol. The number of benzene rings is 1. The summed E-state index contributed by atoms with van der Waals surface area (Å²) in [5.41, 5.74) is 1.23. The van der Waals surface area contributed by atoms with Crippen molar-refractivity contribution in [3.8, 4) is 0 Å². The van der Waals surface area contributed by atoms with Crippen LogP contribution >= 0.6 is 0 Å². The summed E-state index contributed by atoms with van der Waals surface area (Å²) < 4.78 is 30.6. The molecule has 0 heterocycles. The van der Waals surface area contributed by atoms with E-state index in [1.807, 2.05) is 18.2 Å². The Morgan fingerprint density at radius 3 is 2.15 bits per heavy atom. The van der Waals surface area contributed by atoms with Gasteiger partial charge in [0.2, 0.25) is 0 Å². The summed E-state index contributed by atoms with van der Waals surface area (Å²) in [7, 11) is 0.276. The lowest BCUT2D eigenvalue weighted by Crippen LogP contribution is -2.40. The zero-order valence-corrected chi connectivity index (χ0v) is 13.3. The third-order valence-electron chi connectivity index (χ3n) is 2.62. The Balaban J connectivity index is 0.00000110. The molecule has 0 saturated heterocycles. The van der Waals surface area contributed by atoms with Gasteiger partial charge >= 0.3 is 0 Å². The van der Waals surface area contributed by atoms with Crippen LogP contribution in [0.2, 0.25) is 0 Å². The van der Waals surface area contributed by atoms with Gasteiger partial charge in [-0.2, -0.15) is 8.42 Å². The number of hydrogen-bond acceptors (Lipinski definition) is 3. The summed E-state index contributed by atoms with van der Waals surface area (Å²) in [4.78, 5) is 0. The molecule has 0 aliphatic heterocycles. The number of rotatable bonds is 6. The van der Waals surface area contributed by atoms with Crippen LogP contribution in [0.3, 0.4) is 0 Å². The Hall–Kier alpha value is -0.950. The van der Waals surface area contributed by atoms with Gasteiger partial charge in [-0.1, -0.05) is 37.3 Å². The topological polar surface area (TPSA) is 77.4 Å². The fourth-order valence-corrected chi connectivity index (χ4v) is 2.33. The van der Waals surface area contributed by atoms with Gasteiger partial charge in [-0.3, -0.25) is 4.55 Å². The summed E-state index contributed by atoms with van der Waals surface area (Å²) in [5, 5.41) is 8.93. The average Bonchev–Trinajstić information content (AvgIpc) is 2.28. The molecule has 1 aromatic rings. The Bertz CT molecular complexity index is 457. The van der Waals surface area contributed by atoms with E-state index >= 15 is 0 Å². The van der Waals surface area contributed by atoms with Gasteiger partial charge in [0.25, 0.3) is 10.1 Å². The zero-order valence-electron chi connectivity index (χ0n) is 12.4. The molecule has 0 saturated carbocycles. The minimum Gasteiger partial charge on any atom is -0.855 e. The quantitative estimate of drug-likeness (QED) is 0.626. The van der Waals surface area contributed by atoms with Crippen molar-refractivity contribution in [2.45, 2.75) is 19.9 Å². The summed E-state index contributed by atoms with van der Waals surface area (Å²) in [5.74, 6) is -0.163. The first kappa shape index (κ1) is 19.1. The average molecular weight is 303 g/mol. The highest BCUT2D eigenvalue weighted by Gasteiger charge is 2.17. The van der Waals surface area contributed by atoms with Gasteiger partial charge in [-0.25, -0.2) is 0 Å². The van der Waals surface area contributed by atoms with Gasteiger partial charge in [0, 0.05) is 12.0 Å². The molecular formula is C14H25NO4S. The molecule has 20 heavy (non-hydrogen) atoms. The van der Waals surface area contributed by atoms with Crippen molar-refractivity contribution in [2.75, 3.05) is 33.0 Å². The summed E-state index contributed by atoms with van der Waals surface area (Å²) in [6.07, 6.45) is 0.471. The second-order valence-electron chi connectivity index (χ2n) is 5.23. The van der Waals surface area contributed by atoms with E-state index in [4.69, 9.17) is 9.66 Å². The first-order valence-electron chi connectivity index (χ1n) is 6.59. The van der Waals surface area contributed by atoms with Crippen molar-refractivity contribution in [1.29, 1.82) is 0 Å². The third kappa shape index (κ3) is 10.9. The van der Waals surface area contributed by atoms with E-state index in [-0.39, 0.29) is 12.4 Å². The summed E-state index contributed by atoms with van der Waals surface area (Å²) >= 11 is 0. The lowest BCUT2D eigenvalue weighted by Gasteiger charge is -2.29. The third-order valence-corrected chi connectivity index (χ3v) is 3.42. The number of nitrogens with zero attached hydrogens (tertiary/aromatic N) is 1. The van der Waals surface area contributed by atoms with Crippen LogP contribution in [0.1, 0.15) is 18.9 Å². The molecular weight excluding hydrogens is 278 g/mol. The van der Waals surface area contributed by atoms with Crippen LogP contribution in [-0.4, -0.2) is 50.5 Å². The Morgan fingerprint density at radius 1 is 1.20 bits per heavy atom. The van der Waals surface area contributed by atoms with Crippen LogP contribution in [0.4, 0.5) is 0 Å². The molecule has 6 heteroatoms. The molecule has 5 nitrogen and oxygen atoms in total. The van der Waals surface area contributed by atoms with E-state index in [0.717, 1.165) is 6.54 Å². The predicted molar refractivity (Wildman–Crippen MR) is 78.7 cm³/mol. The van der Waals surface area contributed by atoms with Crippen LogP contribution in [-0.2, 0) is 16.7 Å². The minimum absolute atomic E-state index is 0. The fraction of sp³-hybridized carbons (Fsp3) is 0.571. The molecule has 0 bridgehead atoms. The maximum atomic E-state index is 10.6. The van der Waals surface area contributed by atoms with Gasteiger partial charge in [0.15, 0.2) is 0 Å². The summed E-state index contributed by atoms with van der Waals surface area (Å²) in [6.45, 7) is 3.14. The molecule has 0 aliphatic rings. The Morgan fingerprint density at radius 2 is 1.70 bits per heavy atom. The van der Waals surface area contributed by atoms with Gasteiger partial charge in [-0.15, -0.1) is 6.61 Å². The molecule has 0 fully saturated rings. The van der Waals surface area contributed by atoms with Crippen LogP contribution < -0.4 is 5.11 Å². The molecule has 0 spiro atoms.